The van der Waals surface area contributed by atoms with Gasteiger partial charge in [0.1, 0.15) is 6.20 Å². The minimum atomic E-state index is -0.773. The first-order valence-corrected chi connectivity index (χ1v) is 6.06. The van der Waals surface area contributed by atoms with Gasteiger partial charge in [-0.15, -0.1) is 11.3 Å². The van der Waals surface area contributed by atoms with Crippen molar-refractivity contribution < 1.29 is 14.1 Å². The minimum Gasteiger partial charge on any atom is -0.265 e. The summed E-state index contributed by atoms with van der Waals surface area (Å²) in [7, 11) is 1.40. The van der Waals surface area contributed by atoms with E-state index in [9.17, 15) is 19.3 Å². The zero-order valence-electron chi connectivity index (χ0n) is 10.1. The van der Waals surface area contributed by atoms with Crippen molar-refractivity contribution >= 4 is 29.1 Å². The molecule has 0 atom stereocenters. The Balaban J connectivity index is 2.11. The average molecular weight is 297 g/mol. The average Bonchev–Trinajstić information content (AvgIpc) is 2.95. The summed E-state index contributed by atoms with van der Waals surface area (Å²) in [5.41, 5.74) is 1.50. The van der Waals surface area contributed by atoms with Gasteiger partial charge in [0.15, 0.2) is 5.13 Å². The zero-order chi connectivity index (χ0) is 14.7. The minimum absolute atomic E-state index is 0.218. The van der Waals surface area contributed by atoms with Gasteiger partial charge in [0.2, 0.25) is 5.69 Å². The maximum atomic E-state index is 12.7. The van der Waals surface area contributed by atoms with Crippen LogP contribution in [0, 0.1) is 15.2 Å². The first kappa shape index (κ1) is 13.8. The third-order valence-electron chi connectivity index (χ3n) is 2.28. The number of nitrogens with one attached hydrogen (secondary N) is 1. The number of carbonyl (C=O) groups is 1. The second kappa shape index (κ2) is 5.57. The van der Waals surface area contributed by atoms with Gasteiger partial charge < -0.3 is 0 Å². The Morgan fingerprint density at radius 1 is 1.65 bits per heavy atom. The molecule has 2 aromatic rings. The molecule has 0 unspecified atom stereocenters. The molecule has 0 fully saturated rings. The summed E-state index contributed by atoms with van der Waals surface area (Å²) in [6.07, 6.45) is 2.22. The molecule has 1 N–H and O–H groups in total. The van der Waals surface area contributed by atoms with E-state index in [1.165, 1.54) is 25.4 Å². The number of rotatable bonds is 4. The third-order valence-corrected chi connectivity index (χ3v) is 3.09. The SMILES string of the molecule is Cn1ncc([N+](=O)[O-])c1C(=O)NN=Cc1ccc(F)s1. The molecule has 1 amide bonds. The number of nitro groups is 1. The van der Waals surface area contributed by atoms with E-state index in [0.29, 0.717) is 4.88 Å². The van der Waals surface area contributed by atoms with Gasteiger partial charge in [0, 0.05) is 7.05 Å². The molecule has 0 aliphatic carbocycles. The van der Waals surface area contributed by atoms with Crippen LogP contribution in [0.2, 0.25) is 0 Å². The highest BCUT2D eigenvalue weighted by Crippen LogP contribution is 2.16. The van der Waals surface area contributed by atoms with E-state index in [1.807, 2.05) is 0 Å². The molecule has 104 valence electrons. The van der Waals surface area contributed by atoms with Crippen LogP contribution in [0.1, 0.15) is 15.4 Å². The molecule has 0 aliphatic heterocycles. The van der Waals surface area contributed by atoms with Crippen LogP contribution in [0.4, 0.5) is 10.1 Å². The standard InChI is InChI=1S/C10H8FN5O3S/c1-15-9(7(5-13-15)16(18)19)10(17)14-12-4-6-2-3-8(11)20-6/h2-5H,1H3,(H,14,17). The van der Waals surface area contributed by atoms with E-state index in [4.69, 9.17) is 0 Å². The number of aromatic nitrogens is 2. The van der Waals surface area contributed by atoms with Crippen molar-refractivity contribution in [1.29, 1.82) is 0 Å². The van der Waals surface area contributed by atoms with Crippen LogP contribution in [0.5, 0.6) is 0 Å². The van der Waals surface area contributed by atoms with Crippen LogP contribution in [0.25, 0.3) is 0 Å². The monoisotopic (exact) mass is 297 g/mol. The highest BCUT2D eigenvalue weighted by Gasteiger charge is 2.25. The second-order valence-corrected chi connectivity index (χ2v) is 4.67. The first-order chi connectivity index (χ1) is 9.49. The van der Waals surface area contributed by atoms with Crippen molar-refractivity contribution in [2.75, 3.05) is 0 Å². The lowest BCUT2D eigenvalue weighted by Gasteiger charge is -1.99. The molecule has 0 spiro atoms. The highest BCUT2D eigenvalue weighted by molar-refractivity contribution is 7.12. The summed E-state index contributed by atoms with van der Waals surface area (Å²) < 4.78 is 13.8. The molecule has 2 heterocycles. The number of hydrogen-bond donors (Lipinski definition) is 1. The zero-order valence-corrected chi connectivity index (χ0v) is 10.9. The fourth-order valence-corrected chi connectivity index (χ4v) is 2.03. The lowest BCUT2D eigenvalue weighted by molar-refractivity contribution is -0.385. The third kappa shape index (κ3) is 2.85. The number of nitrogens with zero attached hydrogens (tertiary/aromatic N) is 4. The van der Waals surface area contributed by atoms with Gasteiger partial charge in [0.25, 0.3) is 5.91 Å². The Morgan fingerprint density at radius 2 is 2.40 bits per heavy atom. The molecule has 10 heteroatoms. The van der Waals surface area contributed by atoms with E-state index >= 15 is 0 Å². The van der Waals surface area contributed by atoms with Gasteiger partial charge in [0.05, 0.1) is 16.0 Å². The van der Waals surface area contributed by atoms with E-state index in [1.54, 1.807) is 0 Å². The molecule has 0 aromatic carbocycles. The van der Waals surface area contributed by atoms with Gasteiger partial charge in [-0.1, -0.05) is 0 Å². The molecule has 0 aliphatic rings. The molecule has 8 nitrogen and oxygen atoms in total. The summed E-state index contributed by atoms with van der Waals surface area (Å²) in [5.74, 6) is -0.773. The van der Waals surface area contributed by atoms with Crippen LogP contribution in [-0.2, 0) is 7.05 Å². The van der Waals surface area contributed by atoms with Crippen molar-refractivity contribution in [2.24, 2.45) is 12.1 Å². The van der Waals surface area contributed by atoms with Crippen LogP contribution in [-0.4, -0.2) is 26.8 Å². The number of aryl methyl sites for hydroxylation is 1. The fourth-order valence-electron chi connectivity index (χ4n) is 1.43. The second-order valence-electron chi connectivity index (χ2n) is 3.60. The largest absolute Gasteiger partial charge is 0.320 e. The molecule has 2 aromatic heterocycles. The molecule has 2 rings (SSSR count). The van der Waals surface area contributed by atoms with Crippen molar-refractivity contribution in [3.63, 3.8) is 0 Å². The molecule has 0 saturated carbocycles. The maximum Gasteiger partial charge on any atom is 0.320 e. The number of hydrazone groups is 1. The molecular formula is C10H8FN5O3S. The predicted octanol–water partition coefficient (Wildman–Crippen LogP) is 1.29. The van der Waals surface area contributed by atoms with Crippen LogP contribution in [0.15, 0.2) is 23.4 Å². The number of amides is 1. The number of halogens is 1. The van der Waals surface area contributed by atoms with Gasteiger partial charge >= 0.3 is 5.69 Å². The van der Waals surface area contributed by atoms with Gasteiger partial charge in [-0.3, -0.25) is 19.6 Å². The number of carbonyl (C=O) groups excluding carboxylic acids is 1. The maximum absolute atomic E-state index is 12.7. The lowest BCUT2D eigenvalue weighted by atomic mass is 10.3. The Hall–Kier alpha value is -2.62. The Bertz CT molecular complexity index is 693. The van der Waals surface area contributed by atoms with E-state index in [0.717, 1.165) is 22.2 Å². The van der Waals surface area contributed by atoms with Gasteiger partial charge in [-0.2, -0.15) is 14.6 Å². The van der Waals surface area contributed by atoms with Crippen molar-refractivity contribution in [3.05, 3.63) is 44.1 Å². The first-order valence-electron chi connectivity index (χ1n) is 5.24. The topological polar surface area (TPSA) is 102 Å². The number of thiophene rings is 1. The smallest absolute Gasteiger partial charge is 0.265 e. The lowest BCUT2D eigenvalue weighted by Crippen LogP contribution is -2.21. The molecule has 0 saturated heterocycles. The Morgan fingerprint density at radius 3 is 3.00 bits per heavy atom. The predicted molar refractivity (Wildman–Crippen MR) is 69.2 cm³/mol. The van der Waals surface area contributed by atoms with Crippen LogP contribution >= 0.6 is 11.3 Å². The quantitative estimate of drug-likeness (QED) is 0.522. The van der Waals surface area contributed by atoms with E-state index < -0.39 is 16.5 Å². The molecular weight excluding hydrogens is 289 g/mol. The highest BCUT2D eigenvalue weighted by atomic mass is 32.1. The van der Waals surface area contributed by atoms with Crippen molar-refractivity contribution in [1.82, 2.24) is 15.2 Å². The summed E-state index contributed by atoms with van der Waals surface area (Å²) in [6, 6.07) is 2.75. The van der Waals surface area contributed by atoms with Gasteiger partial charge in [-0.05, 0) is 12.1 Å². The molecule has 20 heavy (non-hydrogen) atoms. The Labute approximate surface area is 115 Å². The van der Waals surface area contributed by atoms with Crippen LogP contribution < -0.4 is 5.43 Å². The summed E-state index contributed by atoms with van der Waals surface area (Å²) >= 11 is 0.855. The van der Waals surface area contributed by atoms with Crippen molar-refractivity contribution in [2.45, 2.75) is 0 Å². The summed E-state index contributed by atoms with van der Waals surface area (Å²) in [5, 5.41) is 17.6. The van der Waals surface area contributed by atoms with E-state index in [2.05, 4.69) is 15.6 Å². The Kier molecular flexibility index (Phi) is 3.84. The number of hydrogen-bond acceptors (Lipinski definition) is 6. The van der Waals surface area contributed by atoms with Crippen LogP contribution in [0.3, 0.4) is 0 Å². The van der Waals surface area contributed by atoms with E-state index in [-0.39, 0.29) is 10.8 Å². The summed E-state index contributed by atoms with van der Waals surface area (Å²) in [6.45, 7) is 0. The normalized spacial score (nSPS) is 10.9. The fraction of sp³-hybridized carbons (Fsp3) is 0.100. The summed E-state index contributed by atoms with van der Waals surface area (Å²) in [4.78, 5) is 22.3. The molecule has 0 bridgehead atoms. The molecule has 0 radical (unpaired) electrons. The van der Waals surface area contributed by atoms with Gasteiger partial charge in [-0.25, -0.2) is 5.43 Å². The van der Waals surface area contributed by atoms with Crippen molar-refractivity contribution in [3.8, 4) is 0 Å².